The summed E-state index contributed by atoms with van der Waals surface area (Å²) in [6, 6.07) is 2.68. The van der Waals surface area contributed by atoms with E-state index in [1.54, 1.807) is 0 Å². The van der Waals surface area contributed by atoms with Crippen molar-refractivity contribution in [3.63, 3.8) is 0 Å². The summed E-state index contributed by atoms with van der Waals surface area (Å²) in [5.41, 5.74) is 0.731. The van der Waals surface area contributed by atoms with Gasteiger partial charge in [0.15, 0.2) is 0 Å². The number of hydrogen-bond acceptors (Lipinski definition) is 3. The molecule has 0 aliphatic heterocycles. The molecule has 22 heavy (non-hydrogen) atoms. The molecule has 1 aromatic carbocycles. The van der Waals surface area contributed by atoms with Crippen LogP contribution in [0.4, 0.5) is 10.5 Å². The van der Waals surface area contributed by atoms with Crippen LogP contribution < -0.4 is 10.6 Å². The summed E-state index contributed by atoms with van der Waals surface area (Å²) < 4.78 is 0. The lowest BCUT2D eigenvalue weighted by atomic mass is 9.89. The molecule has 0 radical (unpaired) electrons. The van der Waals surface area contributed by atoms with Crippen LogP contribution in [0.5, 0.6) is 5.75 Å². The predicted octanol–water partition coefficient (Wildman–Crippen LogP) is 3.80. The number of hydrogen-bond donors (Lipinski definition) is 4. The predicted molar refractivity (Wildman–Crippen MR) is 87.3 cm³/mol. The van der Waals surface area contributed by atoms with Crippen molar-refractivity contribution in [2.45, 2.75) is 45.1 Å². The number of halogens is 1. The molecule has 0 saturated heterocycles. The van der Waals surface area contributed by atoms with Gasteiger partial charge in [-0.2, -0.15) is 0 Å². The standard InChI is InChI=1S/C16H23ClN2O3/c1-10(20)13-7-12(8-14(17)15(13)21)19-16(22)18-9-11-5-3-2-4-6-11/h7-8,10-11,20-21H,2-6,9H2,1H3,(H2,18,19,22). The molecular weight excluding hydrogens is 304 g/mol. The molecule has 0 aromatic heterocycles. The van der Waals surface area contributed by atoms with Gasteiger partial charge in [0.2, 0.25) is 0 Å². The third kappa shape index (κ3) is 4.52. The van der Waals surface area contributed by atoms with Crippen molar-refractivity contribution in [1.82, 2.24) is 5.32 Å². The van der Waals surface area contributed by atoms with Crippen molar-refractivity contribution in [3.8, 4) is 5.75 Å². The van der Waals surface area contributed by atoms with E-state index in [0.29, 0.717) is 18.2 Å². The minimum Gasteiger partial charge on any atom is -0.506 e. The average molecular weight is 327 g/mol. The van der Waals surface area contributed by atoms with Gasteiger partial charge < -0.3 is 20.8 Å². The van der Waals surface area contributed by atoms with Crippen LogP contribution in [0.15, 0.2) is 12.1 Å². The fourth-order valence-electron chi connectivity index (χ4n) is 2.81. The Morgan fingerprint density at radius 2 is 2.05 bits per heavy atom. The Kier molecular flexibility index (Phi) is 5.91. The highest BCUT2D eigenvalue weighted by molar-refractivity contribution is 6.32. The first kappa shape index (κ1) is 16.9. The van der Waals surface area contributed by atoms with Gasteiger partial charge in [0.1, 0.15) is 5.75 Å². The number of anilines is 1. The van der Waals surface area contributed by atoms with Gasteiger partial charge in [0.25, 0.3) is 0 Å². The zero-order valence-corrected chi connectivity index (χ0v) is 13.5. The van der Waals surface area contributed by atoms with Gasteiger partial charge in [0, 0.05) is 17.8 Å². The molecule has 1 aromatic rings. The van der Waals surface area contributed by atoms with Crippen LogP contribution in [-0.4, -0.2) is 22.8 Å². The summed E-state index contributed by atoms with van der Waals surface area (Å²) in [5.74, 6) is 0.390. The second-order valence-electron chi connectivity index (χ2n) is 5.91. The molecule has 0 spiro atoms. The van der Waals surface area contributed by atoms with Gasteiger partial charge in [0.05, 0.1) is 11.1 Å². The highest BCUT2D eigenvalue weighted by Gasteiger charge is 2.16. The summed E-state index contributed by atoms with van der Waals surface area (Å²) >= 11 is 5.91. The van der Waals surface area contributed by atoms with Gasteiger partial charge >= 0.3 is 6.03 Å². The van der Waals surface area contributed by atoms with Crippen molar-refractivity contribution in [1.29, 1.82) is 0 Å². The van der Waals surface area contributed by atoms with Crippen molar-refractivity contribution >= 4 is 23.3 Å². The number of rotatable bonds is 4. The number of amides is 2. The molecule has 6 heteroatoms. The molecule has 1 aliphatic rings. The van der Waals surface area contributed by atoms with E-state index in [1.807, 2.05) is 0 Å². The van der Waals surface area contributed by atoms with E-state index in [9.17, 15) is 15.0 Å². The van der Waals surface area contributed by atoms with Crippen LogP contribution in [0.1, 0.15) is 50.7 Å². The summed E-state index contributed by atoms with van der Waals surface area (Å²) in [4.78, 5) is 11.9. The van der Waals surface area contributed by atoms with Crippen LogP contribution >= 0.6 is 11.6 Å². The normalized spacial score (nSPS) is 17.0. The van der Waals surface area contributed by atoms with E-state index in [4.69, 9.17) is 11.6 Å². The number of nitrogens with one attached hydrogen (secondary N) is 2. The van der Waals surface area contributed by atoms with E-state index in [2.05, 4.69) is 10.6 Å². The molecule has 2 amide bonds. The molecule has 4 N–H and O–H groups in total. The van der Waals surface area contributed by atoms with E-state index < -0.39 is 6.10 Å². The number of aliphatic hydroxyl groups is 1. The minimum atomic E-state index is -0.871. The minimum absolute atomic E-state index is 0.0981. The molecule has 1 atom stereocenters. The Balaban J connectivity index is 1.93. The number of carbonyl (C=O) groups is 1. The highest BCUT2D eigenvalue weighted by Crippen LogP contribution is 2.34. The average Bonchev–Trinajstić information content (AvgIpc) is 2.49. The molecule has 0 heterocycles. The van der Waals surface area contributed by atoms with Crippen LogP contribution in [-0.2, 0) is 0 Å². The Labute approximate surface area is 135 Å². The maximum Gasteiger partial charge on any atom is 0.319 e. The number of carbonyl (C=O) groups excluding carboxylic acids is 1. The number of aliphatic hydroxyl groups excluding tert-OH is 1. The molecule has 0 bridgehead atoms. The number of urea groups is 1. The molecule has 1 unspecified atom stereocenters. The van der Waals surface area contributed by atoms with E-state index >= 15 is 0 Å². The molecule has 2 rings (SSSR count). The Bertz CT molecular complexity index is 528. The Morgan fingerprint density at radius 1 is 1.36 bits per heavy atom. The molecular formula is C16H23ClN2O3. The smallest absolute Gasteiger partial charge is 0.319 e. The second kappa shape index (κ2) is 7.70. The van der Waals surface area contributed by atoms with Gasteiger partial charge in [-0.3, -0.25) is 0 Å². The Morgan fingerprint density at radius 3 is 2.68 bits per heavy atom. The molecule has 1 fully saturated rings. The van der Waals surface area contributed by atoms with Crippen molar-refractivity contribution in [3.05, 3.63) is 22.7 Å². The summed E-state index contributed by atoms with van der Waals surface area (Å²) in [6.07, 6.45) is 5.22. The van der Waals surface area contributed by atoms with Gasteiger partial charge in [-0.1, -0.05) is 30.9 Å². The first-order chi connectivity index (χ1) is 10.5. The van der Waals surface area contributed by atoms with Gasteiger partial charge in [-0.05, 0) is 37.8 Å². The molecule has 1 saturated carbocycles. The lowest BCUT2D eigenvalue weighted by molar-refractivity contribution is 0.195. The number of aromatic hydroxyl groups is 1. The lowest BCUT2D eigenvalue weighted by Gasteiger charge is -2.22. The van der Waals surface area contributed by atoms with E-state index in [1.165, 1.54) is 38.3 Å². The molecule has 122 valence electrons. The number of benzene rings is 1. The highest BCUT2D eigenvalue weighted by atomic mass is 35.5. The topological polar surface area (TPSA) is 81.6 Å². The number of phenolic OH excluding ortho intramolecular Hbond substituents is 1. The fourth-order valence-corrected chi connectivity index (χ4v) is 3.04. The zero-order chi connectivity index (χ0) is 16.1. The van der Waals surface area contributed by atoms with Crippen molar-refractivity contribution in [2.24, 2.45) is 5.92 Å². The van der Waals surface area contributed by atoms with Gasteiger partial charge in [-0.25, -0.2) is 4.79 Å². The van der Waals surface area contributed by atoms with E-state index in [0.717, 1.165) is 12.8 Å². The molecule has 5 nitrogen and oxygen atoms in total. The second-order valence-corrected chi connectivity index (χ2v) is 6.32. The van der Waals surface area contributed by atoms with Gasteiger partial charge in [-0.15, -0.1) is 0 Å². The summed E-state index contributed by atoms with van der Waals surface area (Å²) in [5, 5.41) is 25.0. The first-order valence-electron chi connectivity index (χ1n) is 7.72. The first-order valence-corrected chi connectivity index (χ1v) is 8.10. The maximum atomic E-state index is 11.9. The quantitative estimate of drug-likeness (QED) is 0.635. The monoisotopic (exact) mass is 326 g/mol. The number of phenols is 1. The zero-order valence-electron chi connectivity index (χ0n) is 12.7. The van der Waals surface area contributed by atoms with Crippen LogP contribution in [0.2, 0.25) is 5.02 Å². The largest absolute Gasteiger partial charge is 0.506 e. The van der Waals surface area contributed by atoms with Crippen LogP contribution in [0, 0.1) is 5.92 Å². The van der Waals surface area contributed by atoms with Crippen LogP contribution in [0.25, 0.3) is 0 Å². The van der Waals surface area contributed by atoms with E-state index in [-0.39, 0.29) is 22.4 Å². The summed E-state index contributed by atoms with van der Waals surface area (Å²) in [6.45, 7) is 2.19. The fraction of sp³-hybridized carbons (Fsp3) is 0.562. The van der Waals surface area contributed by atoms with Crippen LogP contribution in [0.3, 0.4) is 0 Å². The maximum absolute atomic E-state index is 11.9. The summed E-state index contributed by atoms with van der Waals surface area (Å²) in [7, 11) is 0. The molecule has 1 aliphatic carbocycles. The van der Waals surface area contributed by atoms with Crippen molar-refractivity contribution < 1.29 is 15.0 Å². The van der Waals surface area contributed by atoms with Crippen molar-refractivity contribution in [2.75, 3.05) is 11.9 Å². The lowest BCUT2D eigenvalue weighted by Crippen LogP contribution is -2.33. The Hall–Kier alpha value is -1.46. The SMILES string of the molecule is CC(O)c1cc(NC(=O)NCC2CCCCC2)cc(Cl)c1O. The third-order valence-corrected chi connectivity index (χ3v) is 4.37. The third-order valence-electron chi connectivity index (χ3n) is 4.08.